The van der Waals surface area contributed by atoms with Crippen molar-refractivity contribution in [2.45, 2.75) is 53.0 Å². The van der Waals surface area contributed by atoms with Gasteiger partial charge in [0.1, 0.15) is 5.82 Å². The quantitative estimate of drug-likeness (QED) is 0.801. The second-order valence-electron chi connectivity index (χ2n) is 5.67. The molecule has 0 saturated carbocycles. The minimum atomic E-state index is 0.250. The average molecular weight is 238 g/mol. The van der Waals surface area contributed by atoms with Crippen molar-refractivity contribution >= 4 is 12.6 Å². The molecule has 1 aromatic heterocycles. The second-order valence-corrected chi connectivity index (χ2v) is 5.98. The van der Waals surface area contributed by atoms with E-state index in [4.69, 9.17) is 4.98 Å². The lowest BCUT2D eigenvalue weighted by Crippen LogP contribution is -2.24. The summed E-state index contributed by atoms with van der Waals surface area (Å²) in [5, 5.41) is 0. The first-order chi connectivity index (χ1) is 7.53. The molecule has 0 N–H and O–H groups in total. The number of aryl methyl sites for hydroxylation is 2. The summed E-state index contributed by atoms with van der Waals surface area (Å²) < 4.78 is 2.42. The molecule has 0 aromatic carbocycles. The minimum Gasteiger partial charge on any atom is -0.331 e. The molecule has 16 heavy (non-hydrogen) atoms. The third kappa shape index (κ3) is 2.29. The van der Waals surface area contributed by atoms with Gasteiger partial charge >= 0.3 is 0 Å². The first-order valence-corrected chi connectivity index (χ1v) is 6.82. The van der Waals surface area contributed by atoms with Crippen LogP contribution in [0, 0.1) is 12.3 Å². The van der Waals surface area contributed by atoms with Gasteiger partial charge < -0.3 is 4.57 Å². The smallest absolute Gasteiger partial charge is 0.106 e. The molecule has 1 aromatic rings. The highest BCUT2D eigenvalue weighted by atomic mass is 32.1. The van der Waals surface area contributed by atoms with Crippen molar-refractivity contribution in [1.82, 2.24) is 9.55 Å². The monoisotopic (exact) mass is 238 g/mol. The van der Waals surface area contributed by atoms with Crippen LogP contribution in [-0.4, -0.2) is 15.3 Å². The zero-order chi connectivity index (χ0) is 11.8. The summed E-state index contributed by atoms with van der Waals surface area (Å²) in [6.07, 6.45) is 5.00. The molecule has 1 heterocycles. The predicted molar refractivity (Wildman–Crippen MR) is 71.2 cm³/mol. The fraction of sp³-hybridized carbons (Fsp3) is 0.769. The van der Waals surface area contributed by atoms with Gasteiger partial charge in [0.25, 0.3) is 0 Å². The van der Waals surface area contributed by atoms with Crippen LogP contribution in [0.25, 0.3) is 0 Å². The van der Waals surface area contributed by atoms with Crippen LogP contribution in [0.15, 0.2) is 0 Å². The van der Waals surface area contributed by atoms with E-state index in [9.17, 15) is 0 Å². The first kappa shape index (κ1) is 12.0. The molecule has 3 heteroatoms. The van der Waals surface area contributed by atoms with Crippen molar-refractivity contribution in [3.8, 4) is 0 Å². The van der Waals surface area contributed by atoms with Crippen LogP contribution in [-0.2, 0) is 19.4 Å². The lowest BCUT2D eigenvalue weighted by atomic mass is 9.95. The molecule has 1 aliphatic carbocycles. The van der Waals surface area contributed by atoms with Crippen molar-refractivity contribution in [3.05, 3.63) is 17.2 Å². The van der Waals surface area contributed by atoms with E-state index in [1.807, 2.05) is 0 Å². The fourth-order valence-electron chi connectivity index (χ4n) is 2.42. The highest BCUT2D eigenvalue weighted by Crippen LogP contribution is 2.27. The van der Waals surface area contributed by atoms with Crippen LogP contribution in [0.3, 0.4) is 0 Å². The molecular formula is C13H22N2S. The zero-order valence-electron chi connectivity index (χ0n) is 10.6. The van der Waals surface area contributed by atoms with E-state index in [0.717, 1.165) is 12.3 Å². The van der Waals surface area contributed by atoms with Crippen molar-refractivity contribution in [2.24, 2.45) is 5.41 Å². The fourth-order valence-corrected chi connectivity index (χ4v) is 2.52. The maximum atomic E-state index is 4.71. The Kier molecular flexibility index (Phi) is 3.34. The molecule has 0 bridgehead atoms. The van der Waals surface area contributed by atoms with E-state index in [1.54, 1.807) is 0 Å². The Morgan fingerprint density at radius 1 is 1.31 bits per heavy atom. The average Bonchev–Trinajstić information content (AvgIpc) is 2.56. The van der Waals surface area contributed by atoms with Gasteiger partial charge in [-0.25, -0.2) is 4.98 Å². The molecule has 0 saturated heterocycles. The van der Waals surface area contributed by atoms with E-state index in [1.165, 1.54) is 42.9 Å². The van der Waals surface area contributed by atoms with Crippen LogP contribution in [0.4, 0.5) is 0 Å². The van der Waals surface area contributed by atoms with Crippen molar-refractivity contribution < 1.29 is 0 Å². The number of hydrogen-bond acceptors (Lipinski definition) is 2. The molecule has 0 aliphatic heterocycles. The second kappa shape index (κ2) is 4.44. The van der Waals surface area contributed by atoms with Crippen LogP contribution in [0.5, 0.6) is 0 Å². The predicted octanol–water partition coefficient (Wildman–Crippen LogP) is 3.03. The SMILES string of the molecule is Cc1nc2c(n1CC(C)(C)CS)CCCC2. The van der Waals surface area contributed by atoms with Crippen LogP contribution in [0.1, 0.15) is 43.9 Å². The van der Waals surface area contributed by atoms with Crippen LogP contribution < -0.4 is 0 Å². The Bertz CT molecular complexity index is 380. The molecular weight excluding hydrogens is 216 g/mol. The van der Waals surface area contributed by atoms with Gasteiger partial charge in [-0.15, -0.1) is 0 Å². The molecule has 0 spiro atoms. The summed E-state index contributed by atoms with van der Waals surface area (Å²) >= 11 is 4.44. The third-order valence-corrected chi connectivity index (χ3v) is 4.29. The molecule has 0 amide bonds. The van der Waals surface area contributed by atoms with E-state index < -0.39 is 0 Å². The van der Waals surface area contributed by atoms with E-state index >= 15 is 0 Å². The van der Waals surface area contributed by atoms with Crippen LogP contribution in [0.2, 0.25) is 0 Å². The van der Waals surface area contributed by atoms with Crippen LogP contribution >= 0.6 is 12.6 Å². The maximum Gasteiger partial charge on any atom is 0.106 e. The lowest BCUT2D eigenvalue weighted by Gasteiger charge is -2.25. The van der Waals surface area contributed by atoms with E-state index in [-0.39, 0.29) is 5.41 Å². The zero-order valence-corrected chi connectivity index (χ0v) is 11.5. The Labute approximate surface area is 104 Å². The van der Waals surface area contributed by atoms with Crippen molar-refractivity contribution in [1.29, 1.82) is 0 Å². The normalized spacial score (nSPS) is 16.2. The van der Waals surface area contributed by atoms with E-state index in [2.05, 4.69) is 38.0 Å². The Hall–Kier alpha value is -0.440. The van der Waals surface area contributed by atoms with Crippen molar-refractivity contribution in [2.75, 3.05) is 5.75 Å². The highest BCUT2D eigenvalue weighted by Gasteiger charge is 2.23. The molecule has 1 aliphatic rings. The van der Waals surface area contributed by atoms with Crippen molar-refractivity contribution in [3.63, 3.8) is 0 Å². The Balaban J connectivity index is 2.30. The summed E-state index contributed by atoms with van der Waals surface area (Å²) in [6, 6.07) is 0. The van der Waals surface area contributed by atoms with Gasteiger partial charge in [0, 0.05) is 12.2 Å². The number of fused-ring (bicyclic) bond motifs is 1. The summed E-state index contributed by atoms with van der Waals surface area (Å²) in [5.41, 5.74) is 3.08. The Morgan fingerprint density at radius 2 is 2.00 bits per heavy atom. The summed E-state index contributed by atoms with van der Waals surface area (Å²) in [6.45, 7) is 7.72. The number of hydrogen-bond donors (Lipinski definition) is 1. The lowest BCUT2D eigenvalue weighted by molar-refractivity contribution is 0.342. The largest absolute Gasteiger partial charge is 0.331 e. The Morgan fingerprint density at radius 3 is 2.69 bits per heavy atom. The van der Waals surface area contributed by atoms with Gasteiger partial charge in [-0.3, -0.25) is 0 Å². The van der Waals surface area contributed by atoms with Gasteiger partial charge in [0.05, 0.1) is 5.69 Å². The van der Waals surface area contributed by atoms with Gasteiger partial charge in [-0.1, -0.05) is 13.8 Å². The molecule has 0 unspecified atom stereocenters. The minimum absolute atomic E-state index is 0.250. The van der Waals surface area contributed by atoms with E-state index in [0.29, 0.717) is 0 Å². The molecule has 90 valence electrons. The van der Waals surface area contributed by atoms with Gasteiger partial charge in [0.2, 0.25) is 0 Å². The standard InChI is InChI=1S/C13H22N2S/c1-10-14-11-6-4-5-7-12(11)15(10)8-13(2,3)9-16/h16H,4-9H2,1-3H3. The molecule has 0 atom stereocenters. The maximum absolute atomic E-state index is 4.71. The molecule has 2 rings (SSSR count). The number of rotatable bonds is 3. The number of imidazole rings is 1. The third-order valence-electron chi connectivity index (χ3n) is 3.44. The summed E-state index contributed by atoms with van der Waals surface area (Å²) in [7, 11) is 0. The number of aromatic nitrogens is 2. The topological polar surface area (TPSA) is 17.8 Å². The van der Waals surface area contributed by atoms with Gasteiger partial charge in [-0.05, 0) is 43.8 Å². The first-order valence-electron chi connectivity index (χ1n) is 6.19. The highest BCUT2D eigenvalue weighted by molar-refractivity contribution is 7.80. The summed E-state index contributed by atoms with van der Waals surface area (Å²) in [4.78, 5) is 4.71. The van der Waals surface area contributed by atoms with Gasteiger partial charge in [-0.2, -0.15) is 12.6 Å². The molecule has 2 nitrogen and oxygen atoms in total. The summed E-state index contributed by atoms with van der Waals surface area (Å²) in [5.74, 6) is 2.10. The number of thiol groups is 1. The number of nitrogens with zero attached hydrogens (tertiary/aromatic N) is 2. The molecule has 0 fully saturated rings. The molecule has 0 radical (unpaired) electrons. The van der Waals surface area contributed by atoms with Gasteiger partial charge in [0.15, 0.2) is 0 Å².